The summed E-state index contributed by atoms with van der Waals surface area (Å²) in [5.74, 6) is -0.143. The molecule has 0 saturated carbocycles. The van der Waals surface area contributed by atoms with Crippen LogP contribution < -0.4 is 10.2 Å². The molecule has 3 aromatic rings. The Hall–Kier alpha value is -3.62. The van der Waals surface area contributed by atoms with Crippen LogP contribution in [0.15, 0.2) is 60.8 Å². The van der Waals surface area contributed by atoms with E-state index in [9.17, 15) is 14.0 Å². The lowest BCUT2D eigenvalue weighted by molar-refractivity contribution is -0.120. The summed E-state index contributed by atoms with van der Waals surface area (Å²) < 4.78 is 13.5. The Kier molecular flexibility index (Phi) is 7.16. The maximum absolute atomic E-state index is 14.0. The van der Waals surface area contributed by atoms with Crippen LogP contribution in [0, 0.1) is 5.82 Å². The second-order valence-corrected chi connectivity index (χ2v) is 12.5. The highest BCUT2D eigenvalue weighted by molar-refractivity contribution is 5.98. The Balaban J connectivity index is 1.21. The van der Waals surface area contributed by atoms with Gasteiger partial charge in [-0.25, -0.2) is 4.39 Å². The second kappa shape index (κ2) is 10.7. The average molecular weight is 556 g/mol. The number of aromatic nitrogens is 1. The summed E-state index contributed by atoms with van der Waals surface area (Å²) in [5, 5.41) is 3.54. The van der Waals surface area contributed by atoms with Crippen LogP contribution in [0.4, 0.5) is 10.1 Å². The molecule has 3 atom stereocenters. The molecular weight excluding hydrogens is 517 g/mol. The van der Waals surface area contributed by atoms with E-state index in [1.54, 1.807) is 12.1 Å². The molecule has 8 heteroatoms. The van der Waals surface area contributed by atoms with Crippen molar-refractivity contribution in [3.05, 3.63) is 94.6 Å². The molecule has 0 aliphatic carbocycles. The molecule has 1 saturated heterocycles. The van der Waals surface area contributed by atoms with Gasteiger partial charge in [-0.2, -0.15) is 0 Å². The largest absolute Gasteiger partial charge is 0.333 e. The van der Waals surface area contributed by atoms with Crippen molar-refractivity contribution in [2.45, 2.75) is 57.7 Å². The molecule has 0 spiro atoms. The first kappa shape index (κ1) is 27.5. The van der Waals surface area contributed by atoms with Crippen molar-refractivity contribution in [2.75, 3.05) is 37.6 Å². The lowest BCUT2D eigenvalue weighted by atomic mass is 9.89. The fraction of sp³-hybridized carbons (Fsp3) is 0.424. The summed E-state index contributed by atoms with van der Waals surface area (Å²) in [7, 11) is 0. The van der Waals surface area contributed by atoms with Crippen LogP contribution in [-0.2, 0) is 16.8 Å². The summed E-state index contributed by atoms with van der Waals surface area (Å²) in [6.45, 7) is 11.9. The molecule has 2 amide bonds. The van der Waals surface area contributed by atoms with Crippen LogP contribution >= 0.6 is 0 Å². The summed E-state index contributed by atoms with van der Waals surface area (Å²) in [4.78, 5) is 38.0. The van der Waals surface area contributed by atoms with Gasteiger partial charge in [0.2, 0.25) is 5.91 Å². The number of carbonyl (C=O) groups excluding carboxylic acids is 2. The Bertz CT molecular complexity index is 1470. The molecule has 41 heavy (non-hydrogen) atoms. The van der Waals surface area contributed by atoms with Gasteiger partial charge in [0.25, 0.3) is 5.91 Å². The Morgan fingerprint density at radius 2 is 1.90 bits per heavy atom. The maximum Gasteiger partial charge on any atom is 0.254 e. The Morgan fingerprint density at radius 3 is 2.66 bits per heavy atom. The second-order valence-electron chi connectivity index (χ2n) is 12.5. The predicted octanol–water partition coefficient (Wildman–Crippen LogP) is 4.32. The van der Waals surface area contributed by atoms with Gasteiger partial charge in [-0.1, -0.05) is 51.1 Å². The van der Waals surface area contributed by atoms with Gasteiger partial charge in [0, 0.05) is 67.9 Å². The lowest BCUT2D eigenvalue weighted by Gasteiger charge is -2.41. The number of fused-ring (bicyclic) bond motifs is 2. The minimum atomic E-state index is -0.271. The number of amides is 2. The molecule has 3 aliphatic heterocycles. The van der Waals surface area contributed by atoms with E-state index in [1.165, 1.54) is 12.1 Å². The summed E-state index contributed by atoms with van der Waals surface area (Å²) in [6, 6.07) is 16.7. The molecule has 1 N–H and O–H groups in total. The van der Waals surface area contributed by atoms with Gasteiger partial charge in [0.05, 0.1) is 17.9 Å². The van der Waals surface area contributed by atoms with Gasteiger partial charge < -0.3 is 15.1 Å². The number of pyridine rings is 1. The number of hydrogen-bond donors (Lipinski definition) is 1. The van der Waals surface area contributed by atoms with Gasteiger partial charge in [-0.3, -0.25) is 19.5 Å². The molecule has 0 radical (unpaired) electrons. The van der Waals surface area contributed by atoms with E-state index < -0.39 is 0 Å². The monoisotopic (exact) mass is 555 g/mol. The van der Waals surface area contributed by atoms with Crippen molar-refractivity contribution in [3.63, 3.8) is 0 Å². The van der Waals surface area contributed by atoms with Gasteiger partial charge in [-0.05, 0) is 47.9 Å². The number of nitrogens with zero attached hydrogens (tertiary/aromatic N) is 4. The van der Waals surface area contributed by atoms with E-state index in [-0.39, 0.29) is 47.6 Å². The fourth-order valence-electron chi connectivity index (χ4n) is 6.54. The van der Waals surface area contributed by atoms with E-state index in [1.807, 2.05) is 40.3 Å². The highest BCUT2D eigenvalue weighted by Gasteiger charge is 2.41. The average Bonchev–Trinajstić information content (AvgIpc) is 3.42. The first-order valence-corrected chi connectivity index (χ1v) is 14.5. The number of piperazine rings is 1. The number of halogens is 1. The first-order valence-electron chi connectivity index (χ1n) is 14.5. The van der Waals surface area contributed by atoms with Gasteiger partial charge in [0.1, 0.15) is 5.82 Å². The normalized spacial score (nSPS) is 22.5. The predicted molar refractivity (Wildman–Crippen MR) is 158 cm³/mol. The molecule has 0 bridgehead atoms. The Labute approximate surface area is 241 Å². The molecule has 2 aromatic carbocycles. The number of hydrogen-bond acceptors (Lipinski definition) is 5. The lowest BCUT2D eigenvalue weighted by Crippen LogP contribution is -2.60. The third kappa shape index (κ3) is 5.26. The van der Waals surface area contributed by atoms with Crippen molar-refractivity contribution < 1.29 is 14.0 Å². The van der Waals surface area contributed by atoms with Crippen LogP contribution in [0.1, 0.15) is 66.4 Å². The highest BCUT2D eigenvalue weighted by atomic mass is 19.1. The molecule has 1 aromatic heterocycles. The van der Waals surface area contributed by atoms with Crippen LogP contribution in [-0.4, -0.2) is 71.4 Å². The smallest absolute Gasteiger partial charge is 0.254 e. The molecule has 7 nitrogen and oxygen atoms in total. The summed E-state index contributed by atoms with van der Waals surface area (Å²) in [6.07, 6.45) is 1.89. The molecule has 0 unspecified atom stereocenters. The van der Waals surface area contributed by atoms with Gasteiger partial charge in [0.15, 0.2) is 0 Å². The minimum Gasteiger partial charge on any atom is -0.333 e. The minimum absolute atomic E-state index is 0.00887. The van der Waals surface area contributed by atoms with Gasteiger partial charge >= 0.3 is 0 Å². The van der Waals surface area contributed by atoms with Crippen molar-refractivity contribution in [2.24, 2.45) is 0 Å². The number of rotatable bonds is 6. The zero-order valence-corrected chi connectivity index (χ0v) is 24.2. The van der Waals surface area contributed by atoms with Crippen molar-refractivity contribution in [1.29, 1.82) is 0 Å². The van der Waals surface area contributed by atoms with Crippen LogP contribution in [0.2, 0.25) is 0 Å². The number of nitrogens with one attached hydrogen (secondary N) is 1. The number of benzene rings is 2. The van der Waals surface area contributed by atoms with E-state index in [0.29, 0.717) is 19.6 Å². The SMILES string of the molecule is C[C@H](c1ccc(F)cc1)c1cnc2c(c1)N(C(=O)CN1C[C@@H](C)NC[C@@H]1CN1Cc3ccccc3C1=O)CC2(C)C. The van der Waals surface area contributed by atoms with Crippen molar-refractivity contribution in [3.8, 4) is 0 Å². The summed E-state index contributed by atoms with van der Waals surface area (Å²) in [5.41, 5.74) is 5.34. The summed E-state index contributed by atoms with van der Waals surface area (Å²) >= 11 is 0. The van der Waals surface area contributed by atoms with E-state index in [0.717, 1.165) is 46.7 Å². The molecule has 4 heterocycles. The zero-order chi connectivity index (χ0) is 28.9. The van der Waals surface area contributed by atoms with Crippen molar-refractivity contribution >= 4 is 17.5 Å². The quantitative estimate of drug-likeness (QED) is 0.491. The van der Waals surface area contributed by atoms with E-state index in [2.05, 4.69) is 44.0 Å². The molecule has 3 aliphatic rings. The topological polar surface area (TPSA) is 68.8 Å². The van der Waals surface area contributed by atoms with Crippen LogP contribution in [0.5, 0.6) is 0 Å². The molecule has 214 valence electrons. The highest BCUT2D eigenvalue weighted by Crippen LogP contribution is 2.41. The third-order valence-electron chi connectivity index (χ3n) is 8.94. The van der Waals surface area contributed by atoms with Crippen LogP contribution in [0.25, 0.3) is 0 Å². The number of carbonyl (C=O) groups is 2. The molecule has 1 fully saturated rings. The Morgan fingerprint density at radius 1 is 1.15 bits per heavy atom. The zero-order valence-electron chi connectivity index (χ0n) is 24.2. The standard InChI is InChI=1S/C33H38FN5O2/c1-21-16-37(27(15-35-21)18-38-17-24-7-5-6-8-28(24)32(38)41)19-30(40)39-20-33(3,4)31-29(39)13-25(14-36-31)22(2)23-9-11-26(34)12-10-23/h5-14,21-22,27,35H,15-20H2,1-4H3/t21-,22-,27-/m1/s1. The first-order chi connectivity index (χ1) is 19.6. The van der Waals surface area contributed by atoms with Gasteiger partial charge in [-0.15, -0.1) is 0 Å². The molecular formula is C33H38FN5O2. The van der Waals surface area contributed by atoms with Crippen LogP contribution in [0.3, 0.4) is 0 Å². The van der Waals surface area contributed by atoms with E-state index >= 15 is 0 Å². The molecule has 6 rings (SSSR count). The number of anilines is 1. The van der Waals surface area contributed by atoms with E-state index in [4.69, 9.17) is 4.98 Å². The fourth-order valence-corrected chi connectivity index (χ4v) is 6.54. The third-order valence-corrected chi connectivity index (χ3v) is 8.94. The van der Waals surface area contributed by atoms with Crippen molar-refractivity contribution in [1.82, 2.24) is 20.1 Å². The maximum atomic E-state index is 14.0.